The van der Waals surface area contributed by atoms with Gasteiger partial charge in [0.1, 0.15) is 0 Å². The Bertz CT molecular complexity index is 629. The van der Waals surface area contributed by atoms with E-state index in [0.29, 0.717) is 5.56 Å². The standard InChI is InChI=1S/C17H18INO/c1-17(2,3)13-9-5-7-11-15(13)19-16(20)12-8-4-6-10-14(12)18/h4-11H,1-3H3,(H,19,20). The molecule has 0 atom stereocenters. The van der Waals surface area contributed by atoms with Gasteiger partial charge in [-0.1, -0.05) is 51.1 Å². The average molecular weight is 379 g/mol. The molecule has 0 saturated heterocycles. The fourth-order valence-electron chi connectivity index (χ4n) is 2.08. The Kier molecular flexibility index (Phi) is 4.48. The minimum absolute atomic E-state index is 0.00623. The number of carbonyl (C=O) groups excluding carboxylic acids is 1. The summed E-state index contributed by atoms with van der Waals surface area (Å²) in [6.07, 6.45) is 0. The van der Waals surface area contributed by atoms with Crippen LogP contribution < -0.4 is 5.32 Å². The number of rotatable bonds is 2. The van der Waals surface area contributed by atoms with Gasteiger partial charge in [0, 0.05) is 9.26 Å². The maximum Gasteiger partial charge on any atom is 0.256 e. The highest BCUT2D eigenvalue weighted by atomic mass is 127. The van der Waals surface area contributed by atoms with E-state index in [1.165, 1.54) is 0 Å². The summed E-state index contributed by atoms with van der Waals surface area (Å²) in [4.78, 5) is 12.4. The molecule has 0 spiro atoms. The van der Waals surface area contributed by atoms with E-state index in [4.69, 9.17) is 0 Å². The van der Waals surface area contributed by atoms with Crippen molar-refractivity contribution in [1.29, 1.82) is 0 Å². The number of carbonyl (C=O) groups is 1. The van der Waals surface area contributed by atoms with Crippen LogP contribution in [0.1, 0.15) is 36.7 Å². The second-order valence-electron chi connectivity index (χ2n) is 5.73. The summed E-state index contributed by atoms with van der Waals surface area (Å²) in [6, 6.07) is 15.6. The van der Waals surface area contributed by atoms with Gasteiger partial charge < -0.3 is 5.32 Å². The molecule has 0 aliphatic rings. The van der Waals surface area contributed by atoms with Gasteiger partial charge in [0.15, 0.2) is 0 Å². The van der Waals surface area contributed by atoms with Crippen molar-refractivity contribution in [3.63, 3.8) is 0 Å². The van der Waals surface area contributed by atoms with E-state index >= 15 is 0 Å². The fraction of sp³-hybridized carbons (Fsp3) is 0.235. The van der Waals surface area contributed by atoms with E-state index in [1.807, 2.05) is 42.5 Å². The molecule has 1 amide bonds. The summed E-state index contributed by atoms with van der Waals surface area (Å²) in [6.45, 7) is 6.43. The predicted octanol–water partition coefficient (Wildman–Crippen LogP) is 4.84. The van der Waals surface area contributed by atoms with Gasteiger partial charge in [0.05, 0.1) is 5.56 Å². The summed E-state index contributed by atoms with van der Waals surface area (Å²) in [5.41, 5.74) is 2.72. The molecular weight excluding hydrogens is 361 g/mol. The Morgan fingerprint density at radius 1 is 1.00 bits per heavy atom. The van der Waals surface area contributed by atoms with E-state index in [1.54, 1.807) is 0 Å². The van der Waals surface area contributed by atoms with E-state index < -0.39 is 0 Å². The molecule has 2 rings (SSSR count). The van der Waals surface area contributed by atoms with Gasteiger partial charge in [-0.05, 0) is 51.8 Å². The van der Waals surface area contributed by atoms with Crippen LogP contribution in [0.5, 0.6) is 0 Å². The Morgan fingerprint density at radius 2 is 1.60 bits per heavy atom. The molecule has 0 aromatic heterocycles. The van der Waals surface area contributed by atoms with Crippen LogP contribution in [-0.2, 0) is 5.41 Å². The van der Waals surface area contributed by atoms with Crippen molar-refractivity contribution in [1.82, 2.24) is 0 Å². The summed E-state index contributed by atoms with van der Waals surface area (Å²) < 4.78 is 0.954. The van der Waals surface area contributed by atoms with E-state index in [9.17, 15) is 4.79 Å². The maximum absolute atomic E-state index is 12.4. The summed E-state index contributed by atoms with van der Waals surface area (Å²) >= 11 is 2.18. The number of para-hydroxylation sites is 1. The maximum atomic E-state index is 12.4. The van der Waals surface area contributed by atoms with Gasteiger partial charge in [0.25, 0.3) is 5.91 Å². The summed E-state index contributed by atoms with van der Waals surface area (Å²) in [5, 5.41) is 3.03. The third-order valence-electron chi connectivity index (χ3n) is 3.10. The number of hydrogen-bond acceptors (Lipinski definition) is 1. The lowest BCUT2D eigenvalue weighted by Gasteiger charge is -2.23. The van der Waals surface area contributed by atoms with Crippen LogP contribution >= 0.6 is 22.6 Å². The van der Waals surface area contributed by atoms with E-state index in [0.717, 1.165) is 14.8 Å². The predicted molar refractivity (Wildman–Crippen MR) is 92.3 cm³/mol. The minimum atomic E-state index is -0.0632. The quantitative estimate of drug-likeness (QED) is 0.744. The second kappa shape index (κ2) is 5.95. The van der Waals surface area contributed by atoms with Crippen LogP contribution in [0.2, 0.25) is 0 Å². The Hall–Kier alpha value is -1.36. The largest absolute Gasteiger partial charge is 0.322 e. The summed E-state index contributed by atoms with van der Waals surface area (Å²) in [7, 11) is 0. The number of hydrogen-bond donors (Lipinski definition) is 1. The van der Waals surface area contributed by atoms with Gasteiger partial charge in [-0.2, -0.15) is 0 Å². The number of nitrogens with one attached hydrogen (secondary N) is 1. The molecule has 104 valence electrons. The van der Waals surface area contributed by atoms with Crippen LogP contribution in [0.25, 0.3) is 0 Å². The molecule has 0 aliphatic heterocycles. The van der Waals surface area contributed by atoms with Gasteiger partial charge in [0.2, 0.25) is 0 Å². The molecule has 20 heavy (non-hydrogen) atoms. The topological polar surface area (TPSA) is 29.1 Å². The molecule has 2 aromatic rings. The molecule has 0 saturated carbocycles. The second-order valence-corrected chi connectivity index (χ2v) is 6.89. The molecule has 0 heterocycles. The van der Waals surface area contributed by atoms with E-state index in [-0.39, 0.29) is 11.3 Å². The van der Waals surface area contributed by atoms with Crippen molar-refractivity contribution in [3.8, 4) is 0 Å². The molecule has 2 aromatic carbocycles. The smallest absolute Gasteiger partial charge is 0.256 e. The van der Waals surface area contributed by atoms with Crippen molar-refractivity contribution in [2.45, 2.75) is 26.2 Å². The first-order chi connectivity index (χ1) is 9.39. The van der Waals surface area contributed by atoms with Crippen LogP contribution in [-0.4, -0.2) is 5.91 Å². The molecule has 1 N–H and O–H groups in total. The van der Waals surface area contributed by atoms with Crippen molar-refractivity contribution in [3.05, 3.63) is 63.2 Å². The molecule has 0 fully saturated rings. The third kappa shape index (κ3) is 3.39. The molecule has 0 unspecified atom stereocenters. The van der Waals surface area contributed by atoms with Crippen molar-refractivity contribution < 1.29 is 4.79 Å². The number of benzene rings is 2. The fourth-order valence-corrected chi connectivity index (χ4v) is 2.71. The van der Waals surface area contributed by atoms with Crippen molar-refractivity contribution >= 4 is 34.2 Å². The lowest BCUT2D eigenvalue weighted by atomic mass is 9.86. The molecule has 0 aliphatic carbocycles. The Labute approximate surface area is 133 Å². The number of amides is 1. The molecular formula is C17H18INO. The van der Waals surface area contributed by atoms with Gasteiger partial charge in [-0.25, -0.2) is 0 Å². The first kappa shape index (κ1) is 15.0. The Balaban J connectivity index is 2.32. The first-order valence-corrected chi connectivity index (χ1v) is 7.63. The molecule has 2 nitrogen and oxygen atoms in total. The zero-order chi connectivity index (χ0) is 14.8. The SMILES string of the molecule is CC(C)(C)c1ccccc1NC(=O)c1ccccc1I. The highest BCUT2D eigenvalue weighted by molar-refractivity contribution is 14.1. The minimum Gasteiger partial charge on any atom is -0.322 e. The van der Waals surface area contributed by atoms with Crippen LogP contribution in [0.15, 0.2) is 48.5 Å². The number of halogens is 1. The first-order valence-electron chi connectivity index (χ1n) is 6.55. The highest BCUT2D eigenvalue weighted by Crippen LogP contribution is 2.29. The van der Waals surface area contributed by atoms with E-state index in [2.05, 4.69) is 54.7 Å². The molecule has 0 bridgehead atoms. The van der Waals surface area contributed by atoms with Gasteiger partial charge >= 0.3 is 0 Å². The highest BCUT2D eigenvalue weighted by Gasteiger charge is 2.19. The third-order valence-corrected chi connectivity index (χ3v) is 4.04. The monoisotopic (exact) mass is 379 g/mol. The lowest BCUT2D eigenvalue weighted by Crippen LogP contribution is -2.19. The molecule has 3 heteroatoms. The molecule has 0 radical (unpaired) electrons. The van der Waals surface area contributed by atoms with Gasteiger partial charge in [-0.15, -0.1) is 0 Å². The van der Waals surface area contributed by atoms with Crippen LogP contribution in [0, 0.1) is 3.57 Å². The number of anilines is 1. The normalized spacial score (nSPS) is 11.2. The van der Waals surface area contributed by atoms with Gasteiger partial charge in [-0.3, -0.25) is 4.79 Å². The average Bonchev–Trinajstić information content (AvgIpc) is 2.38. The van der Waals surface area contributed by atoms with Crippen LogP contribution in [0.3, 0.4) is 0 Å². The van der Waals surface area contributed by atoms with Crippen LogP contribution in [0.4, 0.5) is 5.69 Å². The summed E-state index contributed by atoms with van der Waals surface area (Å²) in [5.74, 6) is -0.0632. The zero-order valence-electron chi connectivity index (χ0n) is 11.9. The Morgan fingerprint density at radius 3 is 2.25 bits per heavy atom. The van der Waals surface area contributed by atoms with Crippen molar-refractivity contribution in [2.24, 2.45) is 0 Å². The lowest BCUT2D eigenvalue weighted by molar-refractivity contribution is 0.102. The zero-order valence-corrected chi connectivity index (χ0v) is 14.1. The van der Waals surface area contributed by atoms with Crippen molar-refractivity contribution in [2.75, 3.05) is 5.32 Å².